The average Bonchev–Trinajstić information content (AvgIpc) is 3.61. The lowest BCUT2D eigenvalue weighted by Crippen LogP contribution is -1.67. The van der Waals surface area contributed by atoms with Gasteiger partial charge in [-0.3, -0.25) is 0 Å². The molecule has 0 unspecified atom stereocenters. The lowest BCUT2D eigenvalue weighted by molar-refractivity contribution is 1.67. The molecule has 4 heterocycles. The van der Waals surface area contributed by atoms with Gasteiger partial charge < -0.3 is 0 Å². The van der Waals surface area contributed by atoms with Crippen LogP contribution in [0, 0.1) is 0 Å². The van der Waals surface area contributed by atoms with Crippen molar-refractivity contribution in [2.45, 2.75) is 0 Å². The fourth-order valence-corrected chi connectivity index (χ4v) is 9.18. The van der Waals surface area contributed by atoms with Gasteiger partial charge in [-0.25, -0.2) is 0 Å². The molecule has 0 saturated carbocycles. The second-order valence-electron chi connectivity index (χ2n) is 8.22. The molecule has 0 radical (unpaired) electrons. The minimum Gasteiger partial charge on any atom is -0.134 e. The number of thiophene rings is 4. The van der Waals surface area contributed by atoms with E-state index in [1.165, 1.54) is 59.9 Å². The first-order valence-corrected chi connectivity index (χ1v) is 14.4. The molecule has 7 aromatic rings. The van der Waals surface area contributed by atoms with Gasteiger partial charge in [0.25, 0.3) is 0 Å². The summed E-state index contributed by atoms with van der Waals surface area (Å²) < 4.78 is 8.39. The Hall–Kier alpha value is -3.02. The van der Waals surface area contributed by atoms with E-state index in [-0.39, 0.29) is 0 Å². The van der Waals surface area contributed by atoms with Crippen LogP contribution in [-0.4, -0.2) is 0 Å². The highest BCUT2D eigenvalue weighted by atomic mass is 32.1. The van der Waals surface area contributed by atoms with Crippen LogP contribution in [-0.2, 0) is 0 Å². The largest absolute Gasteiger partial charge is 0.134 e. The number of rotatable bonds is 4. The summed E-state index contributed by atoms with van der Waals surface area (Å²) >= 11 is 7.63. The summed E-state index contributed by atoms with van der Waals surface area (Å²) in [5, 5.41) is 2.80. The Morgan fingerprint density at radius 2 is 0.853 bits per heavy atom. The molecule has 4 heteroatoms. The lowest BCUT2D eigenvalue weighted by Gasteiger charge is -1.93. The van der Waals surface area contributed by atoms with Gasteiger partial charge in [0.05, 0.1) is 9.40 Å². The molecule has 0 aliphatic carbocycles. The van der Waals surface area contributed by atoms with Crippen LogP contribution in [0.1, 0.15) is 20.9 Å². The van der Waals surface area contributed by atoms with E-state index in [1.54, 1.807) is 0 Å². The summed E-state index contributed by atoms with van der Waals surface area (Å²) in [6.45, 7) is 0. The van der Waals surface area contributed by atoms with E-state index < -0.39 is 0 Å². The SMILES string of the molecule is C(=C\c1cc2sc3cc4c(cc3c2s1)sc1cc(/C=C/c2ccccc2)sc14)/c1ccccc1. The maximum Gasteiger partial charge on any atom is 0.0536 e. The standard InChI is InChI=1S/C30H18S4/c1-3-7-19(8-4-1)11-13-21-15-27-29(31-21)23-17-26-24(18-25(23)33-27)30-28(34-26)16-22(32-30)14-12-20-9-5-2-6-10-20/h1-18H/b13-11+,14-12+. The summed E-state index contributed by atoms with van der Waals surface area (Å²) in [4.78, 5) is 2.63. The Kier molecular flexibility index (Phi) is 4.99. The van der Waals surface area contributed by atoms with E-state index in [0.29, 0.717) is 0 Å². The van der Waals surface area contributed by atoms with Crippen molar-refractivity contribution in [2.24, 2.45) is 0 Å². The first-order chi connectivity index (χ1) is 16.8. The highest BCUT2D eigenvalue weighted by Gasteiger charge is 2.14. The molecule has 0 nitrogen and oxygen atoms in total. The summed E-state index contributed by atoms with van der Waals surface area (Å²) in [6, 6.07) is 30.5. The third-order valence-electron chi connectivity index (χ3n) is 5.92. The van der Waals surface area contributed by atoms with Crippen molar-refractivity contribution in [2.75, 3.05) is 0 Å². The second kappa shape index (κ2) is 8.33. The predicted octanol–water partition coefficient (Wildman–Crippen LogP) is 10.9. The zero-order valence-electron chi connectivity index (χ0n) is 18.0. The predicted molar refractivity (Wildman–Crippen MR) is 159 cm³/mol. The molecule has 0 bridgehead atoms. The minimum absolute atomic E-state index is 1.24. The molecule has 34 heavy (non-hydrogen) atoms. The third kappa shape index (κ3) is 3.64. The first kappa shape index (κ1) is 20.4. The van der Waals surface area contributed by atoms with Crippen molar-refractivity contribution < 1.29 is 0 Å². The van der Waals surface area contributed by atoms with E-state index >= 15 is 0 Å². The quantitative estimate of drug-likeness (QED) is 0.223. The molecule has 0 aliphatic heterocycles. The van der Waals surface area contributed by atoms with Crippen molar-refractivity contribution in [3.05, 3.63) is 106 Å². The Morgan fingerprint density at radius 1 is 0.412 bits per heavy atom. The van der Waals surface area contributed by atoms with Gasteiger partial charge in [-0.2, -0.15) is 0 Å². The van der Waals surface area contributed by atoms with Crippen LogP contribution < -0.4 is 0 Å². The molecule has 0 atom stereocenters. The van der Waals surface area contributed by atoms with E-state index in [0.717, 1.165) is 0 Å². The van der Waals surface area contributed by atoms with Crippen molar-refractivity contribution in [1.29, 1.82) is 0 Å². The second-order valence-corrected chi connectivity index (χ2v) is 12.6. The van der Waals surface area contributed by atoms with Crippen LogP contribution >= 0.6 is 45.3 Å². The molecule has 7 rings (SSSR count). The third-order valence-corrected chi connectivity index (χ3v) is 10.6. The van der Waals surface area contributed by atoms with Crippen LogP contribution in [0.5, 0.6) is 0 Å². The van der Waals surface area contributed by atoms with Crippen LogP contribution in [0.3, 0.4) is 0 Å². The number of hydrogen-bond acceptors (Lipinski definition) is 4. The molecule has 0 amide bonds. The van der Waals surface area contributed by atoms with Gasteiger partial charge in [-0.1, -0.05) is 72.8 Å². The van der Waals surface area contributed by atoms with Crippen molar-refractivity contribution in [3.63, 3.8) is 0 Å². The number of fused-ring (bicyclic) bond motifs is 6. The van der Waals surface area contributed by atoms with Gasteiger partial charge in [0.1, 0.15) is 0 Å². The summed E-state index contributed by atoms with van der Waals surface area (Å²) in [6.07, 6.45) is 8.88. The Bertz CT molecular complexity index is 1700. The molecular formula is C30H18S4. The molecule has 4 aromatic heterocycles. The molecule has 0 aliphatic rings. The molecule has 0 saturated heterocycles. The van der Waals surface area contributed by atoms with E-state index in [1.807, 2.05) is 45.3 Å². The fraction of sp³-hybridized carbons (Fsp3) is 0. The zero-order chi connectivity index (χ0) is 22.5. The Labute approximate surface area is 213 Å². The van der Waals surface area contributed by atoms with Crippen molar-refractivity contribution in [1.82, 2.24) is 0 Å². The smallest absolute Gasteiger partial charge is 0.0536 e. The van der Waals surface area contributed by atoms with Gasteiger partial charge in [0, 0.05) is 39.3 Å². The van der Waals surface area contributed by atoms with E-state index in [2.05, 4.69) is 109 Å². The maximum atomic E-state index is 2.42. The number of hydrogen-bond donors (Lipinski definition) is 0. The Balaban J connectivity index is 1.26. The van der Waals surface area contributed by atoms with Crippen LogP contribution in [0.4, 0.5) is 0 Å². The van der Waals surface area contributed by atoms with Gasteiger partial charge >= 0.3 is 0 Å². The molecule has 0 fully saturated rings. The first-order valence-electron chi connectivity index (χ1n) is 11.1. The minimum atomic E-state index is 1.24. The van der Waals surface area contributed by atoms with Crippen molar-refractivity contribution in [3.8, 4) is 0 Å². The van der Waals surface area contributed by atoms with Gasteiger partial charge in [-0.15, -0.1) is 45.3 Å². The summed E-state index contributed by atoms with van der Waals surface area (Å²) in [7, 11) is 0. The summed E-state index contributed by atoms with van der Waals surface area (Å²) in [5.74, 6) is 0. The van der Waals surface area contributed by atoms with Gasteiger partial charge in [0.15, 0.2) is 0 Å². The maximum absolute atomic E-state index is 2.42. The van der Waals surface area contributed by atoms with Gasteiger partial charge in [-0.05, 0) is 47.5 Å². The van der Waals surface area contributed by atoms with Crippen molar-refractivity contribution >= 4 is 109 Å². The van der Waals surface area contributed by atoms with Crippen LogP contribution in [0.2, 0.25) is 0 Å². The molecule has 3 aromatic carbocycles. The average molecular weight is 507 g/mol. The van der Waals surface area contributed by atoms with Crippen LogP contribution in [0.15, 0.2) is 84.9 Å². The topological polar surface area (TPSA) is 0 Å². The summed E-state index contributed by atoms with van der Waals surface area (Å²) in [5.41, 5.74) is 2.48. The highest BCUT2D eigenvalue weighted by molar-refractivity contribution is 7.34. The zero-order valence-corrected chi connectivity index (χ0v) is 21.3. The monoisotopic (exact) mass is 506 g/mol. The molecule has 162 valence electrons. The normalized spacial score (nSPS) is 12.5. The van der Waals surface area contributed by atoms with Crippen LogP contribution in [0.25, 0.3) is 63.3 Å². The molecular weight excluding hydrogens is 489 g/mol. The lowest BCUT2D eigenvalue weighted by atomic mass is 10.2. The fourth-order valence-electron chi connectivity index (χ4n) is 4.28. The number of benzene rings is 3. The Morgan fingerprint density at radius 3 is 1.29 bits per heavy atom. The van der Waals surface area contributed by atoms with E-state index in [4.69, 9.17) is 0 Å². The molecule has 0 N–H and O–H groups in total. The molecule has 0 spiro atoms. The highest BCUT2D eigenvalue weighted by Crippen LogP contribution is 2.46. The van der Waals surface area contributed by atoms with Gasteiger partial charge in [0.2, 0.25) is 0 Å². The van der Waals surface area contributed by atoms with E-state index in [9.17, 15) is 0 Å².